The molecule has 20 heavy (non-hydrogen) atoms. The van der Waals surface area contributed by atoms with Crippen LogP contribution in [0.1, 0.15) is 34.6 Å². The molecule has 0 N–H and O–H groups in total. The molecule has 0 atom stereocenters. The SMILES string of the molecule is COCCOC(=O)c1ccccc1C(=O)OCC(C)C. The number of hydrogen-bond acceptors (Lipinski definition) is 5. The van der Waals surface area contributed by atoms with Gasteiger partial charge >= 0.3 is 11.9 Å². The summed E-state index contributed by atoms with van der Waals surface area (Å²) in [4.78, 5) is 23.8. The van der Waals surface area contributed by atoms with Gasteiger partial charge in [-0.2, -0.15) is 0 Å². The van der Waals surface area contributed by atoms with Gasteiger partial charge in [0.05, 0.1) is 24.3 Å². The van der Waals surface area contributed by atoms with E-state index in [0.717, 1.165) is 0 Å². The second-order valence-corrected chi connectivity index (χ2v) is 4.67. The van der Waals surface area contributed by atoms with Crippen molar-refractivity contribution in [3.8, 4) is 0 Å². The fourth-order valence-electron chi connectivity index (χ4n) is 1.45. The van der Waals surface area contributed by atoms with Crippen LogP contribution in [-0.4, -0.2) is 38.9 Å². The van der Waals surface area contributed by atoms with Crippen LogP contribution in [0.2, 0.25) is 0 Å². The van der Waals surface area contributed by atoms with E-state index in [1.54, 1.807) is 24.3 Å². The van der Waals surface area contributed by atoms with Crippen LogP contribution in [0.15, 0.2) is 24.3 Å². The molecule has 0 radical (unpaired) electrons. The van der Waals surface area contributed by atoms with Gasteiger partial charge in [-0.15, -0.1) is 0 Å². The number of esters is 2. The monoisotopic (exact) mass is 280 g/mol. The summed E-state index contributed by atoms with van der Waals surface area (Å²) in [5.74, 6) is -0.836. The van der Waals surface area contributed by atoms with Gasteiger partial charge < -0.3 is 14.2 Å². The lowest BCUT2D eigenvalue weighted by Crippen LogP contribution is -2.17. The third-order valence-corrected chi connectivity index (χ3v) is 2.44. The van der Waals surface area contributed by atoms with E-state index >= 15 is 0 Å². The first-order chi connectivity index (χ1) is 9.56. The number of carbonyl (C=O) groups excluding carboxylic acids is 2. The maximum atomic E-state index is 11.9. The zero-order valence-corrected chi connectivity index (χ0v) is 12.0. The molecule has 1 rings (SSSR count). The third-order valence-electron chi connectivity index (χ3n) is 2.44. The predicted molar refractivity (Wildman–Crippen MR) is 73.7 cm³/mol. The number of rotatable bonds is 7. The summed E-state index contributed by atoms with van der Waals surface area (Å²) < 4.78 is 14.9. The van der Waals surface area contributed by atoms with Gasteiger partial charge in [0.2, 0.25) is 0 Å². The van der Waals surface area contributed by atoms with Crippen molar-refractivity contribution in [2.45, 2.75) is 13.8 Å². The smallest absolute Gasteiger partial charge is 0.339 e. The molecule has 1 aromatic carbocycles. The van der Waals surface area contributed by atoms with Crippen molar-refractivity contribution in [3.05, 3.63) is 35.4 Å². The van der Waals surface area contributed by atoms with Crippen LogP contribution in [0, 0.1) is 5.92 Å². The van der Waals surface area contributed by atoms with E-state index in [1.807, 2.05) is 13.8 Å². The predicted octanol–water partition coefficient (Wildman–Crippen LogP) is 2.30. The molecule has 0 amide bonds. The molecule has 5 heteroatoms. The van der Waals surface area contributed by atoms with Crippen molar-refractivity contribution in [1.29, 1.82) is 0 Å². The van der Waals surface area contributed by atoms with E-state index in [9.17, 15) is 9.59 Å². The molecule has 0 saturated heterocycles. The highest BCUT2D eigenvalue weighted by Gasteiger charge is 2.19. The zero-order valence-electron chi connectivity index (χ0n) is 12.0. The van der Waals surface area contributed by atoms with Gasteiger partial charge in [0.1, 0.15) is 6.61 Å². The summed E-state index contributed by atoms with van der Waals surface area (Å²) >= 11 is 0. The van der Waals surface area contributed by atoms with Gasteiger partial charge in [-0.1, -0.05) is 26.0 Å². The Kier molecular flexibility index (Phi) is 6.73. The van der Waals surface area contributed by atoms with E-state index in [-0.39, 0.29) is 23.7 Å². The summed E-state index contributed by atoms with van der Waals surface area (Å²) in [6.07, 6.45) is 0. The van der Waals surface area contributed by atoms with Crippen molar-refractivity contribution in [1.82, 2.24) is 0 Å². The minimum absolute atomic E-state index is 0.144. The van der Waals surface area contributed by atoms with Crippen LogP contribution in [0.4, 0.5) is 0 Å². The summed E-state index contributed by atoms with van der Waals surface area (Å²) in [6.45, 7) is 4.65. The first-order valence-corrected chi connectivity index (χ1v) is 6.48. The Labute approximate surface area is 118 Å². The normalized spacial score (nSPS) is 10.4. The Bertz CT molecular complexity index is 453. The molecule has 110 valence electrons. The highest BCUT2D eigenvalue weighted by molar-refractivity contribution is 6.03. The first kappa shape index (κ1) is 16.2. The van der Waals surface area contributed by atoms with Gasteiger partial charge in [-0.25, -0.2) is 9.59 Å². The lowest BCUT2D eigenvalue weighted by Gasteiger charge is -2.10. The fraction of sp³-hybridized carbons (Fsp3) is 0.467. The van der Waals surface area contributed by atoms with Gasteiger partial charge in [0.15, 0.2) is 0 Å². The van der Waals surface area contributed by atoms with Gasteiger partial charge in [0.25, 0.3) is 0 Å². The Balaban J connectivity index is 2.76. The second kappa shape index (κ2) is 8.32. The molecular weight excluding hydrogens is 260 g/mol. The van der Waals surface area contributed by atoms with E-state index in [1.165, 1.54) is 7.11 Å². The van der Waals surface area contributed by atoms with Crippen LogP contribution >= 0.6 is 0 Å². The molecule has 0 fully saturated rings. The Morgan fingerprint density at radius 2 is 1.55 bits per heavy atom. The zero-order chi connectivity index (χ0) is 15.0. The van der Waals surface area contributed by atoms with Crippen LogP contribution in [0.3, 0.4) is 0 Å². The van der Waals surface area contributed by atoms with Gasteiger partial charge in [0, 0.05) is 7.11 Å². The molecular formula is C15H20O5. The summed E-state index contributed by atoms with van der Waals surface area (Å²) in [7, 11) is 1.52. The maximum Gasteiger partial charge on any atom is 0.339 e. The lowest BCUT2D eigenvalue weighted by atomic mass is 10.1. The molecule has 0 aliphatic heterocycles. The topological polar surface area (TPSA) is 61.8 Å². The molecule has 0 spiro atoms. The largest absolute Gasteiger partial charge is 0.462 e. The Morgan fingerprint density at radius 3 is 2.05 bits per heavy atom. The third kappa shape index (κ3) is 5.01. The number of carbonyl (C=O) groups is 2. The van der Waals surface area contributed by atoms with Crippen LogP contribution in [0.25, 0.3) is 0 Å². The van der Waals surface area contributed by atoms with E-state index in [0.29, 0.717) is 13.2 Å². The molecule has 0 aromatic heterocycles. The van der Waals surface area contributed by atoms with E-state index in [4.69, 9.17) is 14.2 Å². The Morgan fingerprint density at radius 1 is 1.00 bits per heavy atom. The van der Waals surface area contributed by atoms with Crippen molar-refractivity contribution in [2.24, 2.45) is 5.92 Å². The van der Waals surface area contributed by atoms with Crippen molar-refractivity contribution < 1.29 is 23.8 Å². The van der Waals surface area contributed by atoms with Crippen LogP contribution in [-0.2, 0) is 14.2 Å². The summed E-state index contributed by atoms with van der Waals surface area (Å²) in [6, 6.07) is 6.45. The number of benzene rings is 1. The molecule has 5 nitrogen and oxygen atoms in total. The first-order valence-electron chi connectivity index (χ1n) is 6.48. The summed E-state index contributed by atoms with van der Waals surface area (Å²) in [5, 5.41) is 0. The van der Waals surface area contributed by atoms with Crippen LogP contribution < -0.4 is 0 Å². The number of hydrogen-bond donors (Lipinski definition) is 0. The average molecular weight is 280 g/mol. The molecule has 0 aliphatic carbocycles. The van der Waals surface area contributed by atoms with E-state index in [2.05, 4.69) is 0 Å². The highest BCUT2D eigenvalue weighted by atomic mass is 16.6. The van der Waals surface area contributed by atoms with E-state index < -0.39 is 11.9 Å². The molecule has 1 aromatic rings. The van der Waals surface area contributed by atoms with Gasteiger partial charge in [-0.3, -0.25) is 0 Å². The Hall–Kier alpha value is -1.88. The minimum Gasteiger partial charge on any atom is -0.462 e. The molecule has 0 unspecified atom stereocenters. The molecule has 0 aliphatic rings. The quantitative estimate of drug-likeness (QED) is 0.566. The number of methoxy groups -OCH3 is 1. The maximum absolute atomic E-state index is 11.9. The highest BCUT2D eigenvalue weighted by Crippen LogP contribution is 2.12. The fourth-order valence-corrected chi connectivity index (χ4v) is 1.45. The van der Waals surface area contributed by atoms with Crippen LogP contribution in [0.5, 0.6) is 0 Å². The molecule has 0 bridgehead atoms. The van der Waals surface area contributed by atoms with Crippen molar-refractivity contribution in [2.75, 3.05) is 26.9 Å². The van der Waals surface area contributed by atoms with Crippen molar-refractivity contribution >= 4 is 11.9 Å². The van der Waals surface area contributed by atoms with Crippen molar-refractivity contribution in [3.63, 3.8) is 0 Å². The summed E-state index contributed by atoms with van der Waals surface area (Å²) in [5.41, 5.74) is 0.424. The number of ether oxygens (including phenoxy) is 3. The lowest BCUT2D eigenvalue weighted by molar-refractivity contribution is 0.0366. The second-order valence-electron chi connectivity index (χ2n) is 4.67. The minimum atomic E-state index is -0.556. The molecule has 0 saturated carbocycles. The standard InChI is InChI=1S/C15H20O5/c1-11(2)10-20-15(17)13-7-5-4-6-12(13)14(16)19-9-8-18-3/h4-7,11H,8-10H2,1-3H3. The van der Waals surface area contributed by atoms with Gasteiger partial charge in [-0.05, 0) is 18.1 Å². The molecule has 0 heterocycles. The average Bonchev–Trinajstić information content (AvgIpc) is 2.44.